The molecule has 4 rings (SSSR count). The number of aromatic nitrogens is 2. The normalized spacial score (nSPS) is 19.3. The molecule has 2 fully saturated rings. The smallest absolute Gasteiger partial charge is 0.243 e. The van der Waals surface area contributed by atoms with Crippen molar-refractivity contribution >= 4 is 22.8 Å². The summed E-state index contributed by atoms with van der Waals surface area (Å²) in [5.74, 6) is -0.469. The number of amides is 1. The average Bonchev–Trinajstić information content (AvgIpc) is 3.04. The number of nitrogens with zero attached hydrogens (tertiary/aromatic N) is 4. The Morgan fingerprint density at radius 1 is 1.00 bits per heavy atom. The zero-order chi connectivity index (χ0) is 20.1. The van der Waals surface area contributed by atoms with Gasteiger partial charge >= 0.3 is 0 Å². The van der Waals surface area contributed by atoms with Gasteiger partial charge < -0.3 is 10.2 Å². The molecule has 1 unspecified atom stereocenters. The third kappa shape index (κ3) is 4.50. The van der Waals surface area contributed by atoms with Gasteiger partial charge in [-0.1, -0.05) is 44.2 Å². The Kier molecular flexibility index (Phi) is 6.24. The second kappa shape index (κ2) is 9.21. The first kappa shape index (κ1) is 19.6. The first-order valence-electron chi connectivity index (χ1n) is 11.0. The van der Waals surface area contributed by atoms with Gasteiger partial charge in [0.1, 0.15) is 5.69 Å². The molecule has 0 spiro atoms. The standard InChI is InChI=1S/C23H29N5O/c24-16-18(23(29)25-17-10-4-3-5-11-17)21-22(28-14-8-1-2-9-15-28)27-20-13-7-6-12-19(20)26-21/h6-7,12-13,17-18H,1-5,8-11,14-15H2,(H,25,29). The predicted molar refractivity (Wildman–Crippen MR) is 114 cm³/mol. The van der Waals surface area contributed by atoms with Crippen molar-refractivity contribution in [1.82, 2.24) is 15.3 Å². The molecule has 29 heavy (non-hydrogen) atoms. The van der Waals surface area contributed by atoms with Crippen LogP contribution >= 0.6 is 0 Å². The Bertz CT molecular complexity index is 892. The number of hydrogen-bond acceptors (Lipinski definition) is 5. The number of hydrogen-bond donors (Lipinski definition) is 1. The second-order valence-electron chi connectivity index (χ2n) is 8.23. The second-order valence-corrected chi connectivity index (χ2v) is 8.23. The van der Waals surface area contributed by atoms with Crippen LogP contribution in [0, 0.1) is 11.3 Å². The van der Waals surface area contributed by atoms with Crippen LogP contribution in [-0.2, 0) is 4.79 Å². The molecule has 1 saturated heterocycles. The quantitative estimate of drug-likeness (QED) is 0.850. The third-order valence-electron chi connectivity index (χ3n) is 6.10. The maximum absolute atomic E-state index is 13.1. The third-order valence-corrected chi connectivity index (χ3v) is 6.10. The van der Waals surface area contributed by atoms with E-state index in [0.29, 0.717) is 11.5 Å². The number of para-hydroxylation sites is 2. The fourth-order valence-electron chi connectivity index (χ4n) is 4.49. The van der Waals surface area contributed by atoms with E-state index >= 15 is 0 Å². The molecule has 1 atom stereocenters. The molecule has 1 aliphatic carbocycles. The first-order valence-corrected chi connectivity index (χ1v) is 11.0. The van der Waals surface area contributed by atoms with Gasteiger partial charge in [0.05, 0.1) is 17.1 Å². The molecule has 152 valence electrons. The number of anilines is 1. The number of nitrogens with one attached hydrogen (secondary N) is 1. The lowest BCUT2D eigenvalue weighted by Crippen LogP contribution is -2.39. The van der Waals surface area contributed by atoms with Crippen LogP contribution in [0.2, 0.25) is 0 Å². The van der Waals surface area contributed by atoms with Crippen LogP contribution in [0.5, 0.6) is 0 Å². The maximum atomic E-state index is 13.1. The molecule has 1 aromatic carbocycles. The number of fused-ring (bicyclic) bond motifs is 1. The zero-order valence-electron chi connectivity index (χ0n) is 16.9. The van der Waals surface area contributed by atoms with Gasteiger partial charge in [0.25, 0.3) is 0 Å². The topological polar surface area (TPSA) is 81.9 Å². The van der Waals surface area contributed by atoms with Gasteiger partial charge in [0, 0.05) is 19.1 Å². The summed E-state index contributed by atoms with van der Waals surface area (Å²) in [5.41, 5.74) is 2.04. The molecular weight excluding hydrogens is 362 g/mol. The fourth-order valence-corrected chi connectivity index (χ4v) is 4.49. The van der Waals surface area contributed by atoms with Gasteiger partial charge in [-0.05, 0) is 37.8 Å². The Balaban J connectivity index is 1.69. The molecule has 1 saturated carbocycles. The van der Waals surface area contributed by atoms with Gasteiger partial charge in [0.15, 0.2) is 11.7 Å². The molecule has 0 bridgehead atoms. The van der Waals surface area contributed by atoms with Gasteiger partial charge in [-0.3, -0.25) is 4.79 Å². The van der Waals surface area contributed by atoms with E-state index in [4.69, 9.17) is 9.97 Å². The molecule has 1 amide bonds. The lowest BCUT2D eigenvalue weighted by Gasteiger charge is -2.27. The molecule has 0 radical (unpaired) electrons. The number of carbonyl (C=O) groups is 1. The highest BCUT2D eigenvalue weighted by molar-refractivity contribution is 5.89. The molecule has 1 aliphatic heterocycles. The highest BCUT2D eigenvalue weighted by atomic mass is 16.2. The van der Waals surface area contributed by atoms with Crippen LogP contribution in [0.4, 0.5) is 5.82 Å². The van der Waals surface area contributed by atoms with E-state index in [0.717, 1.165) is 62.6 Å². The van der Waals surface area contributed by atoms with Gasteiger partial charge in [-0.2, -0.15) is 5.26 Å². The number of benzene rings is 1. The summed E-state index contributed by atoms with van der Waals surface area (Å²) in [6.07, 6.45) is 10.1. The molecule has 6 heteroatoms. The van der Waals surface area contributed by atoms with Crippen molar-refractivity contribution in [2.75, 3.05) is 18.0 Å². The van der Waals surface area contributed by atoms with E-state index in [1.165, 1.54) is 19.3 Å². The first-order chi connectivity index (χ1) is 14.3. The Morgan fingerprint density at radius 3 is 2.28 bits per heavy atom. The zero-order valence-corrected chi connectivity index (χ0v) is 16.9. The van der Waals surface area contributed by atoms with Crippen LogP contribution < -0.4 is 10.2 Å². The van der Waals surface area contributed by atoms with E-state index in [2.05, 4.69) is 16.3 Å². The predicted octanol–water partition coefficient (Wildman–Crippen LogP) is 4.07. The molecule has 1 N–H and O–H groups in total. The Labute approximate surface area is 172 Å². The highest BCUT2D eigenvalue weighted by Gasteiger charge is 2.30. The Hall–Kier alpha value is -2.68. The Morgan fingerprint density at radius 2 is 1.62 bits per heavy atom. The maximum Gasteiger partial charge on any atom is 0.243 e. The van der Waals surface area contributed by atoms with E-state index in [-0.39, 0.29) is 11.9 Å². The van der Waals surface area contributed by atoms with Crippen LogP contribution in [0.25, 0.3) is 11.0 Å². The van der Waals surface area contributed by atoms with E-state index in [1.807, 2.05) is 24.3 Å². The van der Waals surface area contributed by atoms with Crippen molar-refractivity contribution < 1.29 is 4.79 Å². The minimum absolute atomic E-state index is 0.169. The van der Waals surface area contributed by atoms with E-state index in [9.17, 15) is 10.1 Å². The minimum atomic E-state index is -0.938. The summed E-state index contributed by atoms with van der Waals surface area (Å²) in [6, 6.07) is 10.1. The lowest BCUT2D eigenvalue weighted by molar-refractivity contribution is -0.122. The minimum Gasteiger partial charge on any atom is -0.355 e. The van der Waals surface area contributed by atoms with Crippen molar-refractivity contribution in [2.45, 2.75) is 69.7 Å². The summed E-state index contributed by atoms with van der Waals surface area (Å²) in [5, 5.41) is 13.0. The van der Waals surface area contributed by atoms with Crippen LogP contribution in [0.1, 0.15) is 69.4 Å². The van der Waals surface area contributed by atoms with Gasteiger partial charge in [-0.25, -0.2) is 9.97 Å². The van der Waals surface area contributed by atoms with E-state index in [1.54, 1.807) is 0 Å². The van der Waals surface area contributed by atoms with Crippen molar-refractivity contribution in [3.63, 3.8) is 0 Å². The molecular formula is C23H29N5O. The number of rotatable bonds is 4. The highest BCUT2D eigenvalue weighted by Crippen LogP contribution is 2.29. The molecule has 6 nitrogen and oxygen atoms in total. The lowest BCUT2D eigenvalue weighted by atomic mass is 9.94. The number of nitriles is 1. The van der Waals surface area contributed by atoms with Gasteiger partial charge in [-0.15, -0.1) is 0 Å². The largest absolute Gasteiger partial charge is 0.355 e. The van der Waals surface area contributed by atoms with Crippen molar-refractivity contribution in [2.24, 2.45) is 0 Å². The monoisotopic (exact) mass is 391 g/mol. The van der Waals surface area contributed by atoms with Crippen LogP contribution in [0.15, 0.2) is 24.3 Å². The fraction of sp³-hybridized carbons (Fsp3) is 0.565. The van der Waals surface area contributed by atoms with E-state index < -0.39 is 5.92 Å². The van der Waals surface area contributed by atoms with Gasteiger partial charge in [0.2, 0.25) is 5.91 Å². The molecule has 2 aliphatic rings. The molecule has 2 aromatic rings. The molecule has 2 heterocycles. The summed E-state index contributed by atoms with van der Waals surface area (Å²) in [7, 11) is 0. The SMILES string of the molecule is N#CC(C(=O)NC1CCCCC1)c1nc2ccccc2nc1N1CCCCCC1. The van der Waals surface area contributed by atoms with Crippen LogP contribution in [0.3, 0.4) is 0 Å². The van der Waals surface area contributed by atoms with Crippen LogP contribution in [-0.4, -0.2) is 35.0 Å². The summed E-state index contributed by atoms with van der Waals surface area (Å²) in [6.45, 7) is 1.78. The van der Waals surface area contributed by atoms with Crippen molar-refractivity contribution in [3.05, 3.63) is 30.0 Å². The summed E-state index contributed by atoms with van der Waals surface area (Å²) < 4.78 is 0. The average molecular weight is 392 g/mol. The van der Waals surface area contributed by atoms with Crippen molar-refractivity contribution in [1.29, 1.82) is 5.26 Å². The summed E-state index contributed by atoms with van der Waals surface area (Å²) >= 11 is 0. The molecule has 1 aromatic heterocycles. The number of carbonyl (C=O) groups excluding carboxylic acids is 1. The summed E-state index contributed by atoms with van der Waals surface area (Å²) in [4.78, 5) is 24.9. The van der Waals surface area contributed by atoms with Crippen molar-refractivity contribution in [3.8, 4) is 6.07 Å².